The van der Waals surface area contributed by atoms with E-state index in [4.69, 9.17) is 5.11 Å². The van der Waals surface area contributed by atoms with E-state index < -0.39 is 0 Å². The predicted molar refractivity (Wildman–Crippen MR) is 97.6 cm³/mol. The molecule has 0 saturated carbocycles. The molecular formula is C19H25N5O. The molecule has 1 atom stereocenters. The molecule has 0 radical (unpaired) electrons. The summed E-state index contributed by atoms with van der Waals surface area (Å²) in [5, 5.41) is 17.2. The van der Waals surface area contributed by atoms with Crippen LogP contribution < -0.4 is 5.32 Å². The minimum Gasteiger partial charge on any atom is -0.394 e. The maximum atomic E-state index is 9.12. The highest BCUT2D eigenvalue weighted by molar-refractivity contribution is 5.35. The number of aryl methyl sites for hydroxylation is 1. The monoisotopic (exact) mass is 339 g/mol. The number of hydrogen-bond acceptors (Lipinski definition) is 4. The number of aliphatic hydroxyl groups is 1. The van der Waals surface area contributed by atoms with Crippen LogP contribution in [-0.2, 0) is 13.1 Å². The van der Waals surface area contributed by atoms with Crippen molar-refractivity contribution in [3.05, 3.63) is 65.5 Å². The Morgan fingerprint density at radius 1 is 1.20 bits per heavy atom. The van der Waals surface area contributed by atoms with Gasteiger partial charge in [0.2, 0.25) is 0 Å². The molecule has 0 fully saturated rings. The minimum atomic E-state index is 0.106. The highest BCUT2D eigenvalue weighted by Crippen LogP contribution is 2.18. The summed E-state index contributed by atoms with van der Waals surface area (Å²) >= 11 is 0. The zero-order valence-corrected chi connectivity index (χ0v) is 15.0. The van der Waals surface area contributed by atoms with Gasteiger partial charge in [0.05, 0.1) is 25.2 Å². The lowest BCUT2D eigenvalue weighted by molar-refractivity contribution is 0.267. The Balaban J connectivity index is 1.66. The smallest absolute Gasteiger partial charge is 0.0991 e. The lowest BCUT2D eigenvalue weighted by atomic mass is 10.1. The third-order valence-corrected chi connectivity index (χ3v) is 4.62. The first-order valence-electron chi connectivity index (χ1n) is 8.55. The minimum absolute atomic E-state index is 0.106. The van der Waals surface area contributed by atoms with Crippen LogP contribution in [0.25, 0.3) is 5.69 Å². The van der Waals surface area contributed by atoms with Crippen LogP contribution in [0.4, 0.5) is 0 Å². The Hall–Kier alpha value is -2.44. The van der Waals surface area contributed by atoms with Crippen molar-refractivity contribution in [3.8, 4) is 5.69 Å². The van der Waals surface area contributed by atoms with Gasteiger partial charge >= 0.3 is 0 Å². The van der Waals surface area contributed by atoms with Crippen molar-refractivity contribution in [2.45, 2.75) is 39.9 Å². The number of hydrogen-bond donors (Lipinski definition) is 2. The highest BCUT2D eigenvalue weighted by atomic mass is 16.3. The average Bonchev–Trinajstić information content (AvgIpc) is 3.23. The van der Waals surface area contributed by atoms with E-state index in [0.29, 0.717) is 6.54 Å². The molecule has 0 saturated heterocycles. The molecule has 1 aromatic carbocycles. The molecule has 0 bridgehead atoms. The van der Waals surface area contributed by atoms with Crippen molar-refractivity contribution >= 4 is 0 Å². The van der Waals surface area contributed by atoms with Gasteiger partial charge in [-0.05, 0) is 38.5 Å². The molecule has 2 N–H and O–H groups in total. The van der Waals surface area contributed by atoms with Crippen molar-refractivity contribution < 1.29 is 5.11 Å². The fraction of sp³-hybridized carbons (Fsp3) is 0.368. The molecule has 3 rings (SSSR count). The molecule has 132 valence electrons. The zero-order valence-electron chi connectivity index (χ0n) is 15.0. The molecule has 0 amide bonds. The number of rotatable bonds is 7. The summed E-state index contributed by atoms with van der Waals surface area (Å²) < 4.78 is 3.86. The Kier molecular flexibility index (Phi) is 5.31. The fourth-order valence-corrected chi connectivity index (χ4v) is 3.02. The molecule has 3 aromatic rings. The molecule has 25 heavy (non-hydrogen) atoms. The lowest BCUT2D eigenvalue weighted by Gasteiger charge is -2.15. The van der Waals surface area contributed by atoms with E-state index in [-0.39, 0.29) is 12.6 Å². The second-order valence-electron chi connectivity index (χ2n) is 6.26. The van der Waals surface area contributed by atoms with Crippen LogP contribution >= 0.6 is 0 Å². The molecule has 0 spiro atoms. The van der Waals surface area contributed by atoms with E-state index in [1.807, 2.05) is 22.4 Å². The fourth-order valence-electron chi connectivity index (χ4n) is 3.02. The third-order valence-electron chi connectivity index (χ3n) is 4.62. The van der Waals surface area contributed by atoms with Crippen LogP contribution in [0.1, 0.15) is 35.5 Å². The number of imidazole rings is 1. The van der Waals surface area contributed by atoms with Gasteiger partial charge in [0.1, 0.15) is 0 Å². The van der Waals surface area contributed by atoms with Gasteiger partial charge < -0.3 is 15.0 Å². The van der Waals surface area contributed by atoms with Gasteiger partial charge in [-0.1, -0.05) is 12.1 Å². The summed E-state index contributed by atoms with van der Waals surface area (Å²) in [6.07, 6.45) is 5.51. The Labute approximate surface area is 148 Å². The number of nitrogens with one attached hydrogen (secondary N) is 1. The Morgan fingerprint density at radius 3 is 2.60 bits per heavy atom. The van der Waals surface area contributed by atoms with Crippen molar-refractivity contribution in [2.24, 2.45) is 0 Å². The van der Waals surface area contributed by atoms with E-state index >= 15 is 0 Å². The normalized spacial score (nSPS) is 12.5. The molecule has 0 aliphatic heterocycles. The SMILES string of the molecule is Cc1nn(CCO)c(C)c1CNC(C)c1ccc(-n2ccnc2)cc1. The van der Waals surface area contributed by atoms with E-state index in [2.05, 4.69) is 53.5 Å². The van der Waals surface area contributed by atoms with E-state index in [0.717, 1.165) is 23.6 Å². The molecule has 2 heterocycles. The number of benzene rings is 1. The number of aliphatic hydroxyl groups excluding tert-OH is 1. The predicted octanol–water partition coefficient (Wildman–Crippen LogP) is 2.53. The second-order valence-corrected chi connectivity index (χ2v) is 6.26. The maximum absolute atomic E-state index is 9.12. The Morgan fingerprint density at radius 2 is 1.96 bits per heavy atom. The van der Waals surface area contributed by atoms with E-state index in [1.165, 1.54) is 11.1 Å². The largest absolute Gasteiger partial charge is 0.394 e. The van der Waals surface area contributed by atoms with Crippen molar-refractivity contribution in [1.82, 2.24) is 24.6 Å². The van der Waals surface area contributed by atoms with Gasteiger partial charge in [-0.2, -0.15) is 5.10 Å². The molecule has 2 aromatic heterocycles. The second kappa shape index (κ2) is 7.63. The van der Waals surface area contributed by atoms with Gasteiger partial charge in [0, 0.05) is 41.9 Å². The summed E-state index contributed by atoms with van der Waals surface area (Å²) in [7, 11) is 0. The standard InChI is InChI=1S/C19H25N5O/c1-14(17-4-6-18(7-5-17)23-9-8-20-13-23)21-12-19-15(2)22-24(10-11-25)16(19)3/h4-9,13-14,21,25H,10-12H2,1-3H3. The van der Waals surface area contributed by atoms with Crippen LogP contribution in [0, 0.1) is 13.8 Å². The van der Waals surface area contributed by atoms with Crippen LogP contribution in [0.2, 0.25) is 0 Å². The first-order chi connectivity index (χ1) is 12.1. The van der Waals surface area contributed by atoms with Gasteiger partial charge in [0.15, 0.2) is 0 Å². The van der Waals surface area contributed by atoms with Gasteiger partial charge in [-0.3, -0.25) is 4.68 Å². The maximum Gasteiger partial charge on any atom is 0.0991 e. The highest BCUT2D eigenvalue weighted by Gasteiger charge is 2.13. The van der Waals surface area contributed by atoms with Gasteiger partial charge in [-0.25, -0.2) is 4.98 Å². The van der Waals surface area contributed by atoms with Crippen LogP contribution in [-0.4, -0.2) is 31.0 Å². The summed E-state index contributed by atoms with van der Waals surface area (Å²) in [6, 6.07) is 8.72. The number of aromatic nitrogens is 4. The van der Waals surface area contributed by atoms with Gasteiger partial charge in [-0.15, -0.1) is 0 Å². The first kappa shape index (κ1) is 17.4. The van der Waals surface area contributed by atoms with Crippen molar-refractivity contribution in [1.29, 1.82) is 0 Å². The van der Waals surface area contributed by atoms with Crippen molar-refractivity contribution in [3.63, 3.8) is 0 Å². The lowest BCUT2D eigenvalue weighted by Crippen LogP contribution is -2.19. The summed E-state index contributed by atoms with van der Waals surface area (Å²) in [4.78, 5) is 4.08. The van der Waals surface area contributed by atoms with Crippen molar-refractivity contribution in [2.75, 3.05) is 6.61 Å². The summed E-state index contributed by atoms with van der Waals surface area (Å²) in [5.74, 6) is 0. The molecular weight excluding hydrogens is 314 g/mol. The quantitative estimate of drug-likeness (QED) is 0.694. The molecule has 0 aliphatic carbocycles. The topological polar surface area (TPSA) is 67.9 Å². The van der Waals surface area contributed by atoms with E-state index in [9.17, 15) is 0 Å². The Bertz CT molecular complexity index is 805. The molecule has 6 heteroatoms. The van der Waals surface area contributed by atoms with Crippen LogP contribution in [0.15, 0.2) is 43.0 Å². The molecule has 1 unspecified atom stereocenters. The zero-order chi connectivity index (χ0) is 17.8. The van der Waals surface area contributed by atoms with Crippen LogP contribution in [0.5, 0.6) is 0 Å². The van der Waals surface area contributed by atoms with Crippen LogP contribution in [0.3, 0.4) is 0 Å². The summed E-state index contributed by atoms with van der Waals surface area (Å²) in [5.41, 5.74) is 5.67. The third kappa shape index (κ3) is 3.81. The molecule has 6 nitrogen and oxygen atoms in total. The average molecular weight is 339 g/mol. The molecule has 0 aliphatic rings. The first-order valence-corrected chi connectivity index (χ1v) is 8.55. The van der Waals surface area contributed by atoms with Gasteiger partial charge in [0.25, 0.3) is 0 Å². The summed E-state index contributed by atoms with van der Waals surface area (Å²) in [6.45, 7) is 7.63. The number of nitrogens with zero attached hydrogens (tertiary/aromatic N) is 4. The van der Waals surface area contributed by atoms with E-state index in [1.54, 1.807) is 12.5 Å².